The van der Waals surface area contributed by atoms with E-state index in [1.807, 2.05) is 64.1 Å². The summed E-state index contributed by atoms with van der Waals surface area (Å²) in [6.45, 7) is 11.0. The summed E-state index contributed by atoms with van der Waals surface area (Å²) in [6, 6.07) is 11.3. The van der Waals surface area contributed by atoms with Gasteiger partial charge >= 0.3 is 0 Å². The average molecular weight is 571 g/mol. The van der Waals surface area contributed by atoms with E-state index in [4.69, 9.17) is 59.4 Å². The molecule has 0 saturated carbocycles. The fourth-order valence-corrected chi connectivity index (χ4v) is 2.75. The van der Waals surface area contributed by atoms with Crippen LogP contribution in [0, 0.1) is 0 Å². The molecule has 0 saturated heterocycles. The van der Waals surface area contributed by atoms with Gasteiger partial charge in [-0.3, -0.25) is 8.42 Å². The molecule has 0 heterocycles. The highest BCUT2D eigenvalue weighted by molar-refractivity contribution is 7.79. The first-order valence-corrected chi connectivity index (χ1v) is 13.2. The molecule has 8 N–H and O–H groups in total. The maximum Gasteiger partial charge on any atom is 0.186 e. The molecular weight excluding hydrogens is 532 g/mol. The van der Waals surface area contributed by atoms with Crippen molar-refractivity contribution in [2.45, 2.75) is 40.8 Å². The number of hydrogen-bond acceptors (Lipinski definition) is 10. The lowest BCUT2D eigenvalue weighted by atomic mass is 10.2. The minimum atomic E-state index is -5.17. The molecule has 0 unspecified atom stereocenters. The maximum absolute atomic E-state index is 8.52. The summed E-state index contributed by atoms with van der Waals surface area (Å²) in [4.78, 5) is 7.90. The summed E-state index contributed by atoms with van der Waals surface area (Å²) in [7, 11) is -5.17. The number of nitrogens with two attached hydrogens (primary N) is 4. The SMILES string of the molecule is CCOc1ccc(CN=C(N)N)cc1OCC.CCOc1ccc(CN=C(N)N)cc1OCC.O=S(=O)([O-])[O-]. The van der Waals surface area contributed by atoms with Crippen molar-refractivity contribution in [1.82, 2.24) is 0 Å². The monoisotopic (exact) mass is 570 g/mol. The second-order valence-electron chi connectivity index (χ2n) is 7.18. The van der Waals surface area contributed by atoms with Gasteiger partial charge in [0.15, 0.2) is 34.9 Å². The van der Waals surface area contributed by atoms with Crippen LogP contribution in [0.25, 0.3) is 0 Å². The van der Waals surface area contributed by atoms with Gasteiger partial charge in [-0.05, 0) is 63.1 Å². The zero-order valence-corrected chi connectivity index (χ0v) is 23.4. The molecule has 14 nitrogen and oxygen atoms in total. The van der Waals surface area contributed by atoms with E-state index >= 15 is 0 Å². The van der Waals surface area contributed by atoms with Crippen LogP contribution in [0.5, 0.6) is 23.0 Å². The molecule has 2 aromatic carbocycles. The van der Waals surface area contributed by atoms with Gasteiger partial charge in [0.2, 0.25) is 0 Å². The molecule has 0 bridgehead atoms. The van der Waals surface area contributed by atoms with E-state index < -0.39 is 10.4 Å². The van der Waals surface area contributed by atoms with Gasteiger partial charge in [0.25, 0.3) is 0 Å². The minimum Gasteiger partial charge on any atom is -0.759 e. The molecule has 0 amide bonds. The van der Waals surface area contributed by atoms with Gasteiger partial charge < -0.3 is 51.0 Å². The third-order valence-electron chi connectivity index (χ3n) is 4.10. The number of ether oxygens (including phenoxy) is 4. The van der Waals surface area contributed by atoms with Crippen molar-refractivity contribution in [3.05, 3.63) is 47.5 Å². The molecule has 15 heteroatoms. The van der Waals surface area contributed by atoms with Crippen molar-refractivity contribution in [2.24, 2.45) is 32.9 Å². The number of guanidine groups is 2. The third kappa shape index (κ3) is 18.0. The Morgan fingerprint density at radius 1 is 0.641 bits per heavy atom. The Hall–Kier alpha value is -3.95. The van der Waals surface area contributed by atoms with Crippen LogP contribution in [0.4, 0.5) is 0 Å². The van der Waals surface area contributed by atoms with E-state index in [2.05, 4.69) is 9.98 Å². The first kappa shape index (κ1) is 35.0. The quantitative estimate of drug-likeness (QED) is 0.121. The summed E-state index contributed by atoms with van der Waals surface area (Å²) in [6.07, 6.45) is 0. The van der Waals surface area contributed by atoms with E-state index in [9.17, 15) is 0 Å². The Morgan fingerprint density at radius 2 is 0.923 bits per heavy atom. The first-order chi connectivity index (χ1) is 18.3. The summed E-state index contributed by atoms with van der Waals surface area (Å²) >= 11 is 0. The van der Waals surface area contributed by atoms with Gasteiger partial charge in [0, 0.05) is 10.4 Å². The molecular formula is C24H38N6O8S-2. The van der Waals surface area contributed by atoms with Crippen LogP contribution >= 0.6 is 0 Å². The zero-order chi connectivity index (χ0) is 29.8. The highest BCUT2D eigenvalue weighted by Gasteiger charge is 2.06. The summed E-state index contributed by atoms with van der Waals surface area (Å²) in [5.74, 6) is 3.08. The van der Waals surface area contributed by atoms with Crippen LogP contribution in [-0.2, 0) is 23.5 Å². The highest BCUT2D eigenvalue weighted by atomic mass is 32.3. The highest BCUT2D eigenvalue weighted by Crippen LogP contribution is 2.29. The van der Waals surface area contributed by atoms with Crippen molar-refractivity contribution in [3.63, 3.8) is 0 Å². The summed E-state index contributed by atoms with van der Waals surface area (Å²) < 4.78 is 56.0. The maximum atomic E-state index is 8.52. The van der Waals surface area contributed by atoms with Crippen LogP contribution in [0.15, 0.2) is 46.4 Å². The molecule has 0 aliphatic rings. The third-order valence-corrected chi connectivity index (χ3v) is 4.10. The Morgan fingerprint density at radius 3 is 1.18 bits per heavy atom. The van der Waals surface area contributed by atoms with Gasteiger partial charge in [0.05, 0.1) is 39.5 Å². The zero-order valence-electron chi connectivity index (χ0n) is 22.6. The number of aliphatic imine (C=N–C) groups is 2. The lowest BCUT2D eigenvalue weighted by Gasteiger charge is -2.11. The van der Waals surface area contributed by atoms with E-state index in [0.29, 0.717) is 39.5 Å². The normalized spacial score (nSPS) is 10.0. The van der Waals surface area contributed by atoms with E-state index in [-0.39, 0.29) is 11.9 Å². The van der Waals surface area contributed by atoms with Crippen LogP contribution in [-0.4, -0.2) is 55.9 Å². The van der Waals surface area contributed by atoms with Crippen LogP contribution < -0.4 is 41.9 Å². The number of benzene rings is 2. The smallest absolute Gasteiger partial charge is 0.186 e. The predicted molar refractivity (Wildman–Crippen MR) is 147 cm³/mol. The lowest BCUT2D eigenvalue weighted by Crippen LogP contribution is -2.22. The Kier molecular flexibility index (Phi) is 17.2. The average Bonchev–Trinajstić information content (AvgIpc) is 2.84. The molecule has 0 aliphatic carbocycles. The molecule has 0 aliphatic heterocycles. The van der Waals surface area contributed by atoms with Crippen molar-refractivity contribution in [3.8, 4) is 23.0 Å². The van der Waals surface area contributed by atoms with Crippen LogP contribution in [0.2, 0.25) is 0 Å². The van der Waals surface area contributed by atoms with Gasteiger partial charge in [0.1, 0.15) is 0 Å². The topological polar surface area (TPSA) is 246 Å². The predicted octanol–water partition coefficient (Wildman–Crippen LogP) is 1.18. The van der Waals surface area contributed by atoms with Crippen LogP contribution in [0.3, 0.4) is 0 Å². The molecule has 0 aromatic heterocycles. The van der Waals surface area contributed by atoms with E-state index in [1.165, 1.54) is 0 Å². The number of nitrogens with zero attached hydrogens (tertiary/aromatic N) is 2. The van der Waals surface area contributed by atoms with Gasteiger partial charge in [-0.15, -0.1) is 0 Å². The van der Waals surface area contributed by atoms with Gasteiger partial charge in [-0.2, -0.15) is 0 Å². The van der Waals surface area contributed by atoms with E-state index in [0.717, 1.165) is 34.1 Å². The van der Waals surface area contributed by atoms with E-state index in [1.54, 1.807) is 0 Å². The fraction of sp³-hybridized carbons (Fsp3) is 0.417. The van der Waals surface area contributed by atoms with Crippen molar-refractivity contribution in [2.75, 3.05) is 26.4 Å². The minimum absolute atomic E-state index is 0.0804. The molecule has 2 rings (SSSR count). The van der Waals surface area contributed by atoms with Gasteiger partial charge in [-0.1, -0.05) is 12.1 Å². The van der Waals surface area contributed by atoms with Crippen molar-refractivity contribution >= 4 is 22.3 Å². The summed E-state index contributed by atoms with van der Waals surface area (Å²) in [5, 5.41) is 0. The first-order valence-electron chi connectivity index (χ1n) is 11.9. The fourth-order valence-electron chi connectivity index (χ4n) is 2.75. The second-order valence-corrected chi connectivity index (χ2v) is 8.00. The molecule has 0 atom stereocenters. The summed E-state index contributed by atoms with van der Waals surface area (Å²) in [5.41, 5.74) is 23.1. The Labute approximate surface area is 229 Å². The second kappa shape index (κ2) is 19.2. The standard InChI is InChI=1S/2C12H19N3O2.H2O4S/c2*1-3-16-10-6-5-9(8-15-12(13)14)7-11(10)17-4-2;1-5(2,3)4/h2*5-7H,3-4,8H2,1-2H3,(H4,13,14,15);(H2,1,2,3,4)/p-2. The largest absolute Gasteiger partial charge is 0.759 e. The van der Waals surface area contributed by atoms with Crippen LogP contribution in [0.1, 0.15) is 38.8 Å². The Balaban J connectivity index is 0.000000632. The number of hydrogen-bond donors (Lipinski definition) is 4. The molecule has 0 spiro atoms. The Bertz CT molecular complexity index is 1070. The van der Waals surface area contributed by atoms with Gasteiger partial charge in [-0.25, -0.2) is 9.98 Å². The molecule has 220 valence electrons. The molecule has 39 heavy (non-hydrogen) atoms. The molecule has 0 radical (unpaired) electrons. The molecule has 2 aromatic rings. The van der Waals surface area contributed by atoms with Crippen molar-refractivity contribution < 1.29 is 36.5 Å². The lowest BCUT2D eigenvalue weighted by molar-refractivity contribution is 0.287. The number of rotatable bonds is 12. The van der Waals surface area contributed by atoms with Crippen molar-refractivity contribution in [1.29, 1.82) is 0 Å². The molecule has 0 fully saturated rings.